The van der Waals surface area contributed by atoms with Gasteiger partial charge in [-0.25, -0.2) is 17.3 Å². The average Bonchev–Trinajstić information content (AvgIpc) is 3.39. The highest BCUT2D eigenvalue weighted by atomic mass is 32.2. The van der Waals surface area contributed by atoms with E-state index in [1.54, 1.807) is 4.52 Å². The Morgan fingerprint density at radius 1 is 1.15 bits per heavy atom. The van der Waals surface area contributed by atoms with Crippen LogP contribution in [0.4, 0.5) is 21.8 Å². The Labute approximate surface area is 196 Å². The fourth-order valence-corrected chi connectivity index (χ4v) is 4.78. The van der Waals surface area contributed by atoms with Crippen LogP contribution in [0.5, 0.6) is 0 Å². The molecule has 0 saturated carbocycles. The zero-order valence-electron chi connectivity index (χ0n) is 18.9. The maximum Gasteiger partial charge on any atom is 0.247 e. The van der Waals surface area contributed by atoms with Gasteiger partial charge in [-0.2, -0.15) is 4.98 Å². The van der Waals surface area contributed by atoms with E-state index in [4.69, 9.17) is 5.73 Å². The van der Waals surface area contributed by atoms with E-state index < -0.39 is 15.7 Å². The van der Waals surface area contributed by atoms with Gasteiger partial charge in [-0.15, -0.1) is 5.10 Å². The van der Waals surface area contributed by atoms with Gasteiger partial charge in [-0.1, -0.05) is 32.0 Å². The van der Waals surface area contributed by atoms with E-state index in [1.807, 2.05) is 18.3 Å². The number of nitrogens with two attached hydrogens (primary N) is 1. The van der Waals surface area contributed by atoms with Gasteiger partial charge in [0.1, 0.15) is 11.3 Å². The maximum absolute atomic E-state index is 14.6. The van der Waals surface area contributed by atoms with Crippen molar-refractivity contribution < 1.29 is 12.8 Å². The van der Waals surface area contributed by atoms with Crippen LogP contribution in [0.1, 0.15) is 36.6 Å². The van der Waals surface area contributed by atoms with Crippen LogP contribution in [0.3, 0.4) is 0 Å². The Morgan fingerprint density at radius 2 is 1.94 bits per heavy atom. The number of sulfone groups is 1. The average molecular weight is 479 g/mol. The number of benzene rings is 2. The lowest BCUT2D eigenvalue weighted by Crippen LogP contribution is -2.09. The Morgan fingerprint density at radius 3 is 2.65 bits per heavy atom. The van der Waals surface area contributed by atoms with E-state index in [1.165, 1.54) is 12.1 Å². The van der Waals surface area contributed by atoms with Crippen LogP contribution >= 0.6 is 0 Å². The first-order valence-corrected chi connectivity index (χ1v) is 12.6. The van der Waals surface area contributed by atoms with E-state index >= 15 is 0 Å². The zero-order chi connectivity index (χ0) is 24.2. The van der Waals surface area contributed by atoms with Gasteiger partial charge < -0.3 is 11.1 Å². The van der Waals surface area contributed by atoms with E-state index in [0.29, 0.717) is 12.1 Å². The third-order valence-electron chi connectivity index (χ3n) is 5.84. The zero-order valence-corrected chi connectivity index (χ0v) is 19.7. The fourth-order valence-electron chi connectivity index (χ4n) is 4.15. The van der Waals surface area contributed by atoms with E-state index in [9.17, 15) is 12.8 Å². The lowest BCUT2D eigenvalue weighted by atomic mass is 9.97. The van der Waals surface area contributed by atoms with Crippen LogP contribution < -0.4 is 11.1 Å². The Balaban J connectivity index is 1.63. The molecule has 10 heteroatoms. The molecule has 5 rings (SSSR count). The molecular formula is C24H23FN6O2S. The smallest absolute Gasteiger partial charge is 0.247 e. The molecule has 34 heavy (non-hydrogen) atoms. The van der Waals surface area contributed by atoms with Crippen molar-refractivity contribution in [1.29, 1.82) is 0 Å². The van der Waals surface area contributed by atoms with Gasteiger partial charge in [0.25, 0.3) is 0 Å². The molecular weight excluding hydrogens is 455 g/mol. The number of aromatic nitrogens is 3. The molecule has 0 bridgehead atoms. The predicted octanol–water partition coefficient (Wildman–Crippen LogP) is 4.32. The summed E-state index contributed by atoms with van der Waals surface area (Å²) in [6, 6.07) is 11.8. The van der Waals surface area contributed by atoms with Crippen LogP contribution in [0.2, 0.25) is 0 Å². The number of hydrogen-bond acceptors (Lipinski definition) is 7. The summed E-state index contributed by atoms with van der Waals surface area (Å²) >= 11 is 0. The minimum atomic E-state index is -3.53. The first-order valence-electron chi connectivity index (χ1n) is 10.7. The molecule has 0 radical (unpaired) electrons. The Kier molecular flexibility index (Phi) is 5.12. The SMILES string of the molecule is CC(C)c1cc(-c2cccc3c2C=NC3)c2c(N)nc(Nc3ccc(S(C)(=O)=O)cc3F)nn12. The molecule has 1 aliphatic rings. The Hall–Kier alpha value is -3.79. The standard InChI is InChI=1S/C24H23FN6O2S/c1-13(2)21-10-17(16-6-4-5-14-11-27-12-18(14)16)22-23(26)29-24(30-31(21)22)28-20-8-7-15(9-19(20)25)34(3,32)33/h4-10,12-13H,11H2,1-3H3,(H3,26,28,29,30). The molecule has 1 aliphatic heterocycles. The monoisotopic (exact) mass is 478 g/mol. The number of aliphatic imine (C=N–C) groups is 1. The summed E-state index contributed by atoms with van der Waals surface area (Å²) in [5.74, 6) is -0.277. The number of hydrogen-bond donors (Lipinski definition) is 2. The molecule has 0 atom stereocenters. The van der Waals surface area contributed by atoms with Crippen molar-refractivity contribution in [3.8, 4) is 11.1 Å². The molecule has 4 aromatic rings. The van der Waals surface area contributed by atoms with Crippen molar-refractivity contribution >= 4 is 39.0 Å². The molecule has 0 unspecified atom stereocenters. The largest absolute Gasteiger partial charge is 0.382 e. The lowest BCUT2D eigenvalue weighted by Gasteiger charge is -2.12. The summed E-state index contributed by atoms with van der Waals surface area (Å²) < 4.78 is 39.7. The summed E-state index contributed by atoms with van der Waals surface area (Å²) in [4.78, 5) is 8.66. The van der Waals surface area contributed by atoms with Gasteiger partial charge in [0.05, 0.1) is 17.1 Å². The van der Waals surface area contributed by atoms with Gasteiger partial charge in [-0.05, 0) is 41.3 Å². The van der Waals surface area contributed by atoms with Crippen molar-refractivity contribution in [2.45, 2.75) is 31.2 Å². The summed E-state index contributed by atoms with van der Waals surface area (Å²) in [5, 5.41) is 7.43. The first-order chi connectivity index (χ1) is 16.1. The molecule has 0 aliphatic carbocycles. The van der Waals surface area contributed by atoms with Crippen LogP contribution in [0.15, 0.2) is 52.4 Å². The number of rotatable bonds is 5. The first kappa shape index (κ1) is 22.0. The van der Waals surface area contributed by atoms with Crippen molar-refractivity contribution in [2.24, 2.45) is 4.99 Å². The third-order valence-corrected chi connectivity index (χ3v) is 6.95. The van der Waals surface area contributed by atoms with E-state index in [0.717, 1.165) is 40.3 Å². The molecule has 3 heterocycles. The van der Waals surface area contributed by atoms with Gasteiger partial charge in [0, 0.05) is 29.3 Å². The van der Waals surface area contributed by atoms with Crippen molar-refractivity contribution in [1.82, 2.24) is 14.6 Å². The molecule has 3 N–H and O–H groups in total. The normalized spacial score (nSPS) is 13.1. The minimum Gasteiger partial charge on any atom is -0.382 e. The van der Waals surface area contributed by atoms with Crippen molar-refractivity contribution in [3.63, 3.8) is 0 Å². The number of nitrogen functional groups attached to an aromatic ring is 1. The molecule has 2 aromatic carbocycles. The highest BCUT2D eigenvalue weighted by molar-refractivity contribution is 7.90. The lowest BCUT2D eigenvalue weighted by molar-refractivity contribution is 0.596. The topological polar surface area (TPSA) is 115 Å². The van der Waals surface area contributed by atoms with Gasteiger partial charge in [0.15, 0.2) is 15.7 Å². The number of anilines is 3. The molecule has 0 saturated heterocycles. The summed E-state index contributed by atoms with van der Waals surface area (Å²) in [7, 11) is -3.53. The molecule has 0 fully saturated rings. The van der Waals surface area contributed by atoms with Crippen LogP contribution in [0, 0.1) is 5.82 Å². The number of fused-ring (bicyclic) bond motifs is 2. The summed E-state index contributed by atoms with van der Waals surface area (Å²) in [6.45, 7) is 4.75. The third kappa shape index (κ3) is 3.69. The Bertz CT molecular complexity index is 1590. The maximum atomic E-state index is 14.6. The number of nitrogens with zero attached hydrogens (tertiary/aromatic N) is 4. The highest BCUT2D eigenvalue weighted by Crippen LogP contribution is 2.37. The van der Waals surface area contributed by atoms with Crippen LogP contribution in [-0.4, -0.2) is 35.5 Å². The van der Waals surface area contributed by atoms with Crippen LogP contribution in [-0.2, 0) is 16.4 Å². The highest BCUT2D eigenvalue weighted by Gasteiger charge is 2.22. The second kappa shape index (κ2) is 7.91. The van der Waals surface area contributed by atoms with Crippen LogP contribution in [0.25, 0.3) is 16.6 Å². The molecule has 0 spiro atoms. The van der Waals surface area contributed by atoms with E-state index in [2.05, 4.69) is 46.4 Å². The molecule has 0 amide bonds. The number of halogens is 1. The predicted molar refractivity (Wildman–Crippen MR) is 131 cm³/mol. The number of nitrogens with one attached hydrogen (secondary N) is 1. The van der Waals surface area contributed by atoms with E-state index in [-0.39, 0.29) is 28.3 Å². The second-order valence-corrected chi connectivity index (χ2v) is 10.6. The quantitative estimate of drug-likeness (QED) is 0.441. The van der Waals surface area contributed by atoms with Gasteiger partial charge in [-0.3, -0.25) is 4.99 Å². The summed E-state index contributed by atoms with van der Waals surface area (Å²) in [6.07, 6.45) is 2.90. The second-order valence-electron chi connectivity index (χ2n) is 8.61. The van der Waals surface area contributed by atoms with Gasteiger partial charge in [0.2, 0.25) is 5.95 Å². The minimum absolute atomic E-state index is 0.0433. The fraction of sp³-hybridized carbons (Fsp3) is 0.208. The molecule has 2 aromatic heterocycles. The van der Waals surface area contributed by atoms with Crippen molar-refractivity contribution in [2.75, 3.05) is 17.3 Å². The van der Waals surface area contributed by atoms with Crippen molar-refractivity contribution in [3.05, 3.63) is 65.1 Å². The molecule has 174 valence electrons. The molecule has 8 nitrogen and oxygen atoms in total. The van der Waals surface area contributed by atoms with Gasteiger partial charge >= 0.3 is 0 Å². The summed E-state index contributed by atoms with van der Waals surface area (Å²) in [5.41, 5.74) is 12.1.